The normalized spacial score (nSPS) is 11.9. The highest BCUT2D eigenvalue weighted by Crippen LogP contribution is 2.26. The van der Waals surface area contributed by atoms with E-state index in [0.717, 1.165) is 17.7 Å². The van der Waals surface area contributed by atoms with Gasteiger partial charge in [0.25, 0.3) is 0 Å². The van der Waals surface area contributed by atoms with E-state index in [2.05, 4.69) is 4.98 Å². The van der Waals surface area contributed by atoms with Crippen LogP contribution in [0.2, 0.25) is 0 Å². The Balaban J connectivity index is 2.17. The Morgan fingerprint density at radius 2 is 2.15 bits per heavy atom. The smallest absolute Gasteiger partial charge is 0.305 e. The molecule has 1 heterocycles. The fraction of sp³-hybridized carbons (Fsp3) is 0.154. The second kappa shape index (κ2) is 5.62. The van der Waals surface area contributed by atoms with Gasteiger partial charge in [0.1, 0.15) is 5.75 Å². The lowest BCUT2D eigenvalue weighted by Gasteiger charge is -2.07. The number of rotatable bonds is 4. The number of nitrogens with two attached hydrogens (primary N) is 1. The van der Waals surface area contributed by atoms with Crippen LogP contribution in [0.25, 0.3) is 0 Å². The average molecular weight is 277 g/mol. The number of nitrogens with zero attached hydrogens (tertiary/aromatic N) is 2. The second-order valence-electron chi connectivity index (χ2n) is 4.19. The molecule has 104 valence electrons. The van der Waals surface area contributed by atoms with Crippen LogP contribution in [0.3, 0.4) is 0 Å². The molecular weight excluding hydrogens is 265 g/mol. The predicted octanol–water partition coefficient (Wildman–Crippen LogP) is 2.94. The minimum Gasteiger partial charge on any atom is -0.439 e. The zero-order valence-corrected chi connectivity index (χ0v) is 10.6. The molecule has 0 aliphatic heterocycles. The molecule has 20 heavy (non-hydrogen) atoms. The van der Waals surface area contributed by atoms with Crippen LogP contribution >= 0.6 is 0 Å². The molecule has 7 heteroatoms. The summed E-state index contributed by atoms with van der Waals surface area (Å²) in [5.41, 5.74) is 5.93. The maximum atomic E-state index is 13.4. The quantitative estimate of drug-likeness (QED) is 0.685. The average Bonchev–Trinajstić information content (AvgIpc) is 2.39. The lowest BCUT2D eigenvalue weighted by atomic mass is 10.2. The predicted molar refractivity (Wildman–Crippen MR) is 70.0 cm³/mol. The van der Waals surface area contributed by atoms with Crippen molar-refractivity contribution in [1.29, 1.82) is 0 Å². The van der Waals surface area contributed by atoms with Crippen molar-refractivity contribution in [2.24, 2.45) is 5.73 Å². The summed E-state index contributed by atoms with van der Waals surface area (Å²) in [5.74, 6) is -0.573. The van der Waals surface area contributed by atoms with E-state index in [4.69, 9.17) is 10.5 Å². The Morgan fingerprint density at radius 1 is 1.40 bits per heavy atom. The van der Waals surface area contributed by atoms with Gasteiger partial charge in [-0.15, -0.1) is 0 Å². The lowest BCUT2D eigenvalue weighted by molar-refractivity contribution is -0.387. The van der Waals surface area contributed by atoms with Crippen molar-refractivity contribution in [2.75, 3.05) is 0 Å². The van der Waals surface area contributed by atoms with Gasteiger partial charge in [0, 0.05) is 30.4 Å². The molecule has 0 bridgehead atoms. The van der Waals surface area contributed by atoms with Gasteiger partial charge < -0.3 is 10.5 Å². The van der Waals surface area contributed by atoms with Crippen molar-refractivity contribution in [2.45, 2.75) is 13.0 Å². The molecule has 2 rings (SSSR count). The lowest BCUT2D eigenvalue weighted by Crippen LogP contribution is -2.05. The molecule has 0 spiro atoms. The van der Waals surface area contributed by atoms with Gasteiger partial charge in [0.05, 0.1) is 4.92 Å². The molecule has 1 atom stereocenters. The molecule has 0 aliphatic carbocycles. The number of aromatic nitrogens is 1. The van der Waals surface area contributed by atoms with Crippen molar-refractivity contribution < 1.29 is 14.1 Å². The molecule has 0 aliphatic rings. The van der Waals surface area contributed by atoms with Gasteiger partial charge in [-0.2, -0.15) is 4.39 Å². The Hall–Kier alpha value is -2.54. The van der Waals surface area contributed by atoms with Crippen LogP contribution in [0.4, 0.5) is 10.1 Å². The van der Waals surface area contributed by atoms with E-state index in [9.17, 15) is 14.5 Å². The van der Waals surface area contributed by atoms with Gasteiger partial charge in [-0.3, -0.25) is 10.1 Å². The Kier molecular flexibility index (Phi) is 3.90. The number of benzene rings is 1. The molecule has 6 nitrogen and oxygen atoms in total. The summed E-state index contributed by atoms with van der Waals surface area (Å²) in [6, 6.07) is 6.49. The van der Waals surface area contributed by atoms with Crippen LogP contribution in [0.5, 0.6) is 11.6 Å². The molecule has 0 amide bonds. The van der Waals surface area contributed by atoms with Crippen molar-refractivity contribution in [1.82, 2.24) is 4.98 Å². The van der Waals surface area contributed by atoms with Gasteiger partial charge >= 0.3 is 5.69 Å². The molecule has 1 aromatic heterocycles. The van der Waals surface area contributed by atoms with E-state index in [1.807, 2.05) is 6.92 Å². The number of hydrogen-bond donors (Lipinski definition) is 1. The van der Waals surface area contributed by atoms with Crippen molar-refractivity contribution in [3.05, 3.63) is 58.0 Å². The SMILES string of the molecule is C[C@H](N)c1ccc(Oc2ccc([N+](=O)[O-])c(F)c2)nc1. The number of nitro groups is 1. The van der Waals surface area contributed by atoms with Crippen LogP contribution < -0.4 is 10.5 Å². The molecule has 2 N–H and O–H groups in total. The first-order valence-electron chi connectivity index (χ1n) is 5.80. The second-order valence-corrected chi connectivity index (χ2v) is 4.19. The minimum absolute atomic E-state index is 0.133. The van der Waals surface area contributed by atoms with E-state index in [1.54, 1.807) is 18.3 Å². The molecule has 0 radical (unpaired) electrons. The fourth-order valence-corrected chi connectivity index (χ4v) is 1.54. The summed E-state index contributed by atoms with van der Waals surface area (Å²) in [6.07, 6.45) is 1.56. The van der Waals surface area contributed by atoms with E-state index < -0.39 is 16.4 Å². The summed E-state index contributed by atoms with van der Waals surface area (Å²) in [4.78, 5) is 13.7. The monoisotopic (exact) mass is 277 g/mol. The summed E-state index contributed by atoms with van der Waals surface area (Å²) in [7, 11) is 0. The standard InChI is InChI=1S/C13H12FN3O3/c1-8(15)9-2-5-13(16-7-9)20-10-3-4-12(17(18)19)11(14)6-10/h2-8H,15H2,1H3/t8-/m0/s1. The molecule has 1 aromatic carbocycles. The van der Waals surface area contributed by atoms with E-state index in [0.29, 0.717) is 0 Å². The third-order valence-electron chi connectivity index (χ3n) is 2.62. The first-order valence-corrected chi connectivity index (χ1v) is 5.80. The van der Waals surface area contributed by atoms with Crippen LogP contribution in [0.1, 0.15) is 18.5 Å². The van der Waals surface area contributed by atoms with Gasteiger partial charge in [-0.1, -0.05) is 6.07 Å². The highest BCUT2D eigenvalue weighted by Gasteiger charge is 2.14. The van der Waals surface area contributed by atoms with E-state index in [1.165, 1.54) is 6.07 Å². The van der Waals surface area contributed by atoms with Crippen molar-refractivity contribution in [3.63, 3.8) is 0 Å². The van der Waals surface area contributed by atoms with Gasteiger partial charge in [0.15, 0.2) is 0 Å². The van der Waals surface area contributed by atoms with Crippen LogP contribution in [0.15, 0.2) is 36.5 Å². The van der Waals surface area contributed by atoms with Crippen molar-refractivity contribution in [3.8, 4) is 11.6 Å². The zero-order chi connectivity index (χ0) is 14.7. The molecule has 0 fully saturated rings. The number of halogens is 1. The summed E-state index contributed by atoms with van der Waals surface area (Å²) in [6.45, 7) is 1.82. The molecule has 0 saturated heterocycles. The molecule has 0 unspecified atom stereocenters. The molecular formula is C13H12FN3O3. The Bertz CT molecular complexity index is 629. The fourth-order valence-electron chi connectivity index (χ4n) is 1.54. The van der Waals surface area contributed by atoms with Crippen LogP contribution in [-0.4, -0.2) is 9.91 Å². The molecule has 2 aromatic rings. The summed E-state index contributed by atoms with van der Waals surface area (Å²) < 4.78 is 18.7. The first-order chi connectivity index (χ1) is 9.47. The minimum atomic E-state index is -0.959. The number of pyridine rings is 1. The van der Waals surface area contributed by atoms with Gasteiger partial charge in [-0.25, -0.2) is 4.98 Å². The van der Waals surface area contributed by atoms with E-state index >= 15 is 0 Å². The van der Waals surface area contributed by atoms with Gasteiger partial charge in [0.2, 0.25) is 11.7 Å². The summed E-state index contributed by atoms with van der Waals surface area (Å²) in [5, 5.41) is 10.5. The highest BCUT2D eigenvalue weighted by molar-refractivity contribution is 5.39. The maximum Gasteiger partial charge on any atom is 0.305 e. The first kappa shape index (κ1) is 13.9. The van der Waals surface area contributed by atoms with Gasteiger partial charge in [-0.05, 0) is 18.6 Å². The third-order valence-corrected chi connectivity index (χ3v) is 2.62. The molecule has 0 saturated carbocycles. The largest absolute Gasteiger partial charge is 0.439 e. The highest BCUT2D eigenvalue weighted by atomic mass is 19.1. The van der Waals surface area contributed by atoms with Crippen LogP contribution in [-0.2, 0) is 0 Å². The number of ether oxygens (including phenoxy) is 1. The summed E-state index contributed by atoms with van der Waals surface area (Å²) >= 11 is 0. The zero-order valence-electron chi connectivity index (χ0n) is 10.6. The van der Waals surface area contributed by atoms with Crippen molar-refractivity contribution >= 4 is 5.69 Å². The number of nitro benzene ring substituents is 1. The topological polar surface area (TPSA) is 91.3 Å². The number of hydrogen-bond acceptors (Lipinski definition) is 5. The third kappa shape index (κ3) is 3.07. The van der Waals surface area contributed by atoms with E-state index in [-0.39, 0.29) is 17.7 Å². The maximum absolute atomic E-state index is 13.4. The van der Waals surface area contributed by atoms with Crippen LogP contribution in [0, 0.1) is 15.9 Å². The Labute approximate surface area is 114 Å². The Morgan fingerprint density at radius 3 is 2.65 bits per heavy atom.